The van der Waals surface area contributed by atoms with E-state index >= 15 is 0 Å². The van der Waals surface area contributed by atoms with Crippen LogP contribution in [0.4, 0.5) is 0 Å². The van der Waals surface area contributed by atoms with Gasteiger partial charge < -0.3 is 10.6 Å². The first-order valence-electron chi connectivity index (χ1n) is 9.30. The molecular weight excluding hydrogens is 479 g/mol. The van der Waals surface area contributed by atoms with Crippen molar-refractivity contribution in [3.8, 4) is 0 Å². The third-order valence-electron chi connectivity index (χ3n) is 4.95. The number of sulfonamides is 1. The zero-order chi connectivity index (χ0) is 19.3. The molecule has 1 aromatic heterocycles. The lowest BCUT2D eigenvalue weighted by atomic mass is 10.1. The van der Waals surface area contributed by atoms with Gasteiger partial charge in [0.05, 0.1) is 18.0 Å². The quantitative estimate of drug-likeness (QED) is 0.343. The first-order valence-corrected chi connectivity index (χ1v) is 10.9. The van der Waals surface area contributed by atoms with Crippen molar-refractivity contribution in [1.29, 1.82) is 0 Å². The van der Waals surface area contributed by atoms with E-state index < -0.39 is 10.0 Å². The molecule has 2 N–H and O–H groups in total. The van der Waals surface area contributed by atoms with Crippen molar-refractivity contribution in [2.75, 3.05) is 25.4 Å². The van der Waals surface area contributed by atoms with Gasteiger partial charge in [-0.25, -0.2) is 17.7 Å². The largest absolute Gasteiger partial charge is 0.357 e. The fourth-order valence-electron chi connectivity index (χ4n) is 3.18. The molecule has 1 fully saturated rings. The van der Waals surface area contributed by atoms with Crippen molar-refractivity contribution in [1.82, 2.24) is 24.7 Å². The van der Waals surface area contributed by atoms with Gasteiger partial charge in [-0.05, 0) is 40.5 Å². The molecule has 2 rings (SSSR count). The highest BCUT2D eigenvalue weighted by Gasteiger charge is 2.27. The minimum absolute atomic E-state index is 0. The standard InChI is InChI=1S/C17H32N6O2S.HI/c1-6-18-17(19-12-16-13(3)21-22(5)14(16)4)20-15-8-10-23(11-9-15)26(24,25)7-2;/h15H,6-12H2,1-5H3,(H2,18,19,20);1H. The maximum atomic E-state index is 12.0. The molecule has 0 amide bonds. The highest BCUT2D eigenvalue weighted by atomic mass is 127. The first kappa shape index (κ1) is 24.2. The predicted molar refractivity (Wildman–Crippen MR) is 120 cm³/mol. The van der Waals surface area contributed by atoms with Gasteiger partial charge in [0.25, 0.3) is 0 Å². The molecule has 10 heteroatoms. The Morgan fingerprint density at radius 3 is 2.37 bits per heavy atom. The van der Waals surface area contributed by atoms with Gasteiger partial charge >= 0.3 is 0 Å². The van der Waals surface area contributed by atoms with Gasteiger partial charge in [0.15, 0.2) is 5.96 Å². The lowest BCUT2D eigenvalue weighted by Crippen LogP contribution is -2.50. The van der Waals surface area contributed by atoms with Crippen molar-refractivity contribution >= 4 is 40.0 Å². The summed E-state index contributed by atoms with van der Waals surface area (Å²) in [5, 5.41) is 11.2. The third kappa shape index (κ3) is 6.31. The molecule has 0 atom stereocenters. The van der Waals surface area contributed by atoms with Crippen LogP contribution in [0, 0.1) is 13.8 Å². The van der Waals surface area contributed by atoms with Crippen LogP contribution < -0.4 is 10.6 Å². The van der Waals surface area contributed by atoms with Crippen LogP contribution in [0.25, 0.3) is 0 Å². The van der Waals surface area contributed by atoms with Crippen LogP contribution in [-0.2, 0) is 23.6 Å². The van der Waals surface area contributed by atoms with Crippen molar-refractivity contribution in [3.05, 3.63) is 17.0 Å². The maximum Gasteiger partial charge on any atom is 0.213 e. The number of rotatable bonds is 6. The summed E-state index contributed by atoms with van der Waals surface area (Å²) < 4.78 is 27.4. The molecule has 0 saturated carbocycles. The van der Waals surface area contributed by atoms with Crippen LogP contribution >= 0.6 is 24.0 Å². The van der Waals surface area contributed by atoms with Crippen molar-refractivity contribution < 1.29 is 8.42 Å². The van der Waals surface area contributed by atoms with E-state index in [1.54, 1.807) is 11.2 Å². The van der Waals surface area contributed by atoms with Crippen molar-refractivity contribution in [2.24, 2.45) is 12.0 Å². The number of hydrogen-bond acceptors (Lipinski definition) is 4. The number of aryl methyl sites for hydroxylation is 2. The molecule has 8 nitrogen and oxygen atoms in total. The SMILES string of the molecule is CCNC(=NCc1c(C)nn(C)c1C)NC1CCN(S(=O)(=O)CC)CC1.I. The average Bonchev–Trinajstić information content (AvgIpc) is 2.85. The topological polar surface area (TPSA) is 91.6 Å². The predicted octanol–water partition coefficient (Wildman–Crippen LogP) is 1.52. The van der Waals surface area contributed by atoms with Crippen LogP contribution in [0.5, 0.6) is 0 Å². The summed E-state index contributed by atoms with van der Waals surface area (Å²) in [5.74, 6) is 0.936. The maximum absolute atomic E-state index is 12.0. The summed E-state index contributed by atoms with van der Waals surface area (Å²) in [6.45, 7) is 10.3. The molecule has 0 aliphatic carbocycles. The molecule has 0 spiro atoms. The number of guanidine groups is 1. The lowest BCUT2D eigenvalue weighted by molar-refractivity contribution is 0.306. The number of halogens is 1. The Morgan fingerprint density at radius 1 is 1.26 bits per heavy atom. The monoisotopic (exact) mass is 512 g/mol. The Bertz CT molecular complexity index is 739. The van der Waals surface area contributed by atoms with E-state index in [1.807, 2.05) is 25.6 Å². The summed E-state index contributed by atoms with van der Waals surface area (Å²) >= 11 is 0. The molecule has 0 unspecified atom stereocenters. The van der Waals surface area contributed by atoms with Crippen LogP contribution in [0.15, 0.2) is 4.99 Å². The number of aliphatic imine (C=N–C) groups is 1. The molecular formula is C17H33IN6O2S. The highest BCUT2D eigenvalue weighted by Crippen LogP contribution is 2.15. The molecule has 1 aliphatic rings. The zero-order valence-corrected chi connectivity index (χ0v) is 20.1. The van der Waals surface area contributed by atoms with Gasteiger partial charge in [-0.3, -0.25) is 4.68 Å². The van der Waals surface area contributed by atoms with E-state index in [1.165, 1.54) is 0 Å². The molecule has 156 valence electrons. The molecule has 0 radical (unpaired) electrons. The molecule has 0 bridgehead atoms. The Morgan fingerprint density at radius 2 is 1.89 bits per heavy atom. The second kappa shape index (κ2) is 10.6. The average molecular weight is 512 g/mol. The number of piperidine rings is 1. The van der Waals surface area contributed by atoms with E-state index in [-0.39, 0.29) is 35.8 Å². The van der Waals surface area contributed by atoms with Crippen LogP contribution in [0.1, 0.15) is 43.6 Å². The molecule has 0 aromatic carbocycles. The Kier molecular flexibility index (Phi) is 9.49. The highest BCUT2D eigenvalue weighted by molar-refractivity contribution is 14.0. The number of nitrogens with one attached hydrogen (secondary N) is 2. The summed E-state index contributed by atoms with van der Waals surface area (Å²) in [5.41, 5.74) is 3.27. The van der Waals surface area contributed by atoms with Gasteiger partial charge in [-0.2, -0.15) is 5.10 Å². The smallest absolute Gasteiger partial charge is 0.213 e. The number of aromatic nitrogens is 2. The van der Waals surface area contributed by atoms with E-state index in [0.717, 1.165) is 42.3 Å². The third-order valence-corrected chi connectivity index (χ3v) is 6.83. The van der Waals surface area contributed by atoms with Crippen molar-refractivity contribution in [2.45, 2.75) is 53.1 Å². The van der Waals surface area contributed by atoms with Gasteiger partial charge in [0.1, 0.15) is 0 Å². The molecule has 2 heterocycles. The van der Waals surface area contributed by atoms with Crippen LogP contribution in [0.3, 0.4) is 0 Å². The zero-order valence-electron chi connectivity index (χ0n) is 16.9. The van der Waals surface area contributed by atoms with Gasteiger partial charge in [-0.1, -0.05) is 0 Å². The Hall–Kier alpha value is -0.880. The van der Waals surface area contributed by atoms with E-state index in [0.29, 0.717) is 19.6 Å². The van der Waals surface area contributed by atoms with Crippen LogP contribution in [0.2, 0.25) is 0 Å². The van der Waals surface area contributed by atoms with E-state index in [2.05, 4.69) is 22.7 Å². The normalized spacial score (nSPS) is 16.9. The minimum atomic E-state index is -3.09. The second-order valence-electron chi connectivity index (χ2n) is 6.69. The Balaban J connectivity index is 0.00000364. The molecule has 1 aliphatic heterocycles. The lowest BCUT2D eigenvalue weighted by Gasteiger charge is -2.32. The minimum Gasteiger partial charge on any atom is -0.357 e. The fourth-order valence-corrected chi connectivity index (χ4v) is 4.31. The molecule has 1 aromatic rings. The first-order chi connectivity index (χ1) is 12.3. The molecule has 1 saturated heterocycles. The van der Waals surface area contributed by atoms with E-state index in [9.17, 15) is 8.42 Å². The van der Waals surface area contributed by atoms with Gasteiger partial charge in [0, 0.05) is 44.0 Å². The summed E-state index contributed by atoms with van der Waals surface area (Å²) in [7, 11) is -1.14. The van der Waals surface area contributed by atoms with Crippen LogP contribution in [-0.4, -0.2) is 59.9 Å². The fraction of sp³-hybridized carbons (Fsp3) is 0.765. The van der Waals surface area contributed by atoms with Crippen molar-refractivity contribution in [3.63, 3.8) is 0 Å². The number of hydrogen-bond donors (Lipinski definition) is 2. The number of nitrogens with zero attached hydrogens (tertiary/aromatic N) is 4. The van der Waals surface area contributed by atoms with Gasteiger partial charge in [-0.15, -0.1) is 24.0 Å². The molecule has 27 heavy (non-hydrogen) atoms. The van der Waals surface area contributed by atoms with E-state index in [4.69, 9.17) is 4.99 Å². The summed E-state index contributed by atoms with van der Waals surface area (Å²) in [4.78, 5) is 4.71. The van der Waals surface area contributed by atoms with Gasteiger partial charge in [0.2, 0.25) is 10.0 Å². The second-order valence-corrected chi connectivity index (χ2v) is 8.94. The Labute approximate surface area is 180 Å². The summed E-state index contributed by atoms with van der Waals surface area (Å²) in [6, 6.07) is 0.229. The summed E-state index contributed by atoms with van der Waals surface area (Å²) in [6.07, 6.45) is 1.57.